The van der Waals surface area contributed by atoms with E-state index < -0.39 is 5.97 Å². The Morgan fingerprint density at radius 2 is 2.00 bits per heavy atom. The van der Waals surface area contributed by atoms with Crippen molar-refractivity contribution in [3.63, 3.8) is 0 Å². The highest BCUT2D eigenvalue weighted by atomic mass is 35.5. The van der Waals surface area contributed by atoms with Crippen LogP contribution < -0.4 is 0 Å². The summed E-state index contributed by atoms with van der Waals surface area (Å²) in [5, 5.41) is 8.44. The summed E-state index contributed by atoms with van der Waals surface area (Å²) in [7, 11) is 0. The fourth-order valence-electron chi connectivity index (χ4n) is 1.14. The standard InChI is InChI=1S/C9H18O2.ClH/c1-3-4-5-6-8(2)7-9(10)11;/h8H,3-7H2,1-2H3,(H,10,11);1H. The van der Waals surface area contributed by atoms with Crippen molar-refractivity contribution in [2.75, 3.05) is 0 Å². The van der Waals surface area contributed by atoms with E-state index in [1.54, 1.807) is 0 Å². The monoisotopic (exact) mass is 194 g/mol. The van der Waals surface area contributed by atoms with Gasteiger partial charge in [0.25, 0.3) is 0 Å². The number of hydrogen-bond donors (Lipinski definition) is 1. The highest BCUT2D eigenvalue weighted by Gasteiger charge is 2.05. The normalized spacial score (nSPS) is 11.8. The molecule has 3 heteroatoms. The largest absolute Gasteiger partial charge is 0.481 e. The Kier molecular flexibility index (Phi) is 10.5. The van der Waals surface area contributed by atoms with E-state index in [1.807, 2.05) is 6.92 Å². The smallest absolute Gasteiger partial charge is 0.303 e. The molecule has 0 rings (SSSR count). The summed E-state index contributed by atoms with van der Waals surface area (Å²) in [6.07, 6.45) is 4.98. The minimum absolute atomic E-state index is 0. The van der Waals surface area contributed by atoms with Crippen LogP contribution in [0.2, 0.25) is 0 Å². The Balaban J connectivity index is 0. The summed E-state index contributed by atoms with van der Waals surface area (Å²) >= 11 is 0. The summed E-state index contributed by atoms with van der Waals surface area (Å²) in [5.41, 5.74) is 0. The highest BCUT2D eigenvalue weighted by Crippen LogP contribution is 2.12. The van der Waals surface area contributed by atoms with Gasteiger partial charge in [0.15, 0.2) is 0 Å². The lowest BCUT2D eigenvalue weighted by Crippen LogP contribution is -2.03. The molecule has 74 valence electrons. The third-order valence-corrected chi connectivity index (χ3v) is 1.82. The lowest BCUT2D eigenvalue weighted by molar-refractivity contribution is -0.138. The van der Waals surface area contributed by atoms with E-state index >= 15 is 0 Å². The predicted molar refractivity (Wildman–Crippen MR) is 52.8 cm³/mol. The maximum atomic E-state index is 10.2. The van der Waals surface area contributed by atoms with Crippen LogP contribution in [0.1, 0.15) is 46.0 Å². The van der Waals surface area contributed by atoms with Gasteiger partial charge in [0.2, 0.25) is 0 Å². The molecule has 1 atom stereocenters. The van der Waals surface area contributed by atoms with Gasteiger partial charge >= 0.3 is 5.97 Å². The molecule has 0 aliphatic rings. The zero-order valence-corrected chi connectivity index (χ0v) is 8.69. The van der Waals surface area contributed by atoms with Crippen LogP contribution in [-0.4, -0.2) is 11.1 Å². The zero-order valence-electron chi connectivity index (χ0n) is 7.88. The maximum absolute atomic E-state index is 10.2. The number of carbonyl (C=O) groups is 1. The molecule has 2 nitrogen and oxygen atoms in total. The van der Waals surface area contributed by atoms with Gasteiger partial charge in [-0.1, -0.05) is 39.5 Å². The minimum Gasteiger partial charge on any atom is -0.481 e. The minimum atomic E-state index is -0.672. The molecule has 1 N–H and O–H groups in total. The molecule has 0 fully saturated rings. The Morgan fingerprint density at radius 1 is 1.42 bits per heavy atom. The summed E-state index contributed by atoms with van der Waals surface area (Å²) in [4.78, 5) is 10.2. The van der Waals surface area contributed by atoms with E-state index in [4.69, 9.17) is 5.11 Å². The molecule has 0 aromatic heterocycles. The summed E-state index contributed by atoms with van der Waals surface area (Å²) < 4.78 is 0. The molecule has 0 aromatic rings. The van der Waals surface area contributed by atoms with Crippen LogP contribution in [0.15, 0.2) is 0 Å². The third-order valence-electron chi connectivity index (χ3n) is 1.82. The van der Waals surface area contributed by atoms with Crippen molar-refractivity contribution in [1.82, 2.24) is 0 Å². The average Bonchev–Trinajstić information content (AvgIpc) is 1.86. The number of carboxylic acids is 1. The van der Waals surface area contributed by atoms with Crippen LogP contribution in [0.3, 0.4) is 0 Å². The quantitative estimate of drug-likeness (QED) is 0.660. The fraction of sp³-hybridized carbons (Fsp3) is 0.889. The van der Waals surface area contributed by atoms with Crippen LogP contribution in [0.5, 0.6) is 0 Å². The number of rotatable bonds is 6. The molecule has 0 radical (unpaired) electrons. The van der Waals surface area contributed by atoms with Gasteiger partial charge in [-0.3, -0.25) is 4.79 Å². The first kappa shape index (κ1) is 14.3. The van der Waals surface area contributed by atoms with Crippen LogP contribution in [0.4, 0.5) is 0 Å². The molecule has 1 unspecified atom stereocenters. The average molecular weight is 195 g/mol. The van der Waals surface area contributed by atoms with Crippen molar-refractivity contribution in [2.45, 2.75) is 46.0 Å². The number of halogens is 1. The van der Waals surface area contributed by atoms with Crippen LogP contribution in [-0.2, 0) is 4.79 Å². The molecular formula is C9H19ClO2. The lowest BCUT2D eigenvalue weighted by Gasteiger charge is -2.06. The molecule has 0 amide bonds. The molecule has 0 heterocycles. The van der Waals surface area contributed by atoms with Crippen LogP contribution >= 0.6 is 12.4 Å². The van der Waals surface area contributed by atoms with Gasteiger partial charge in [0.05, 0.1) is 0 Å². The summed E-state index contributed by atoms with van der Waals surface area (Å²) in [5.74, 6) is -0.326. The SMILES string of the molecule is CCCCCC(C)CC(=O)O.Cl. The van der Waals surface area contributed by atoms with E-state index in [0.717, 1.165) is 6.42 Å². The van der Waals surface area contributed by atoms with Crippen molar-refractivity contribution in [3.05, 3.63) is 0 Å². The molecule has 0 bridgehead atoms. The van der Waals surface area contributed by atoms with E-state index in [2.05, 4.69) is 6.92 Å². The van der Waals surface area contributed by atoms with E-state index in [1.165, 1.54) is 19.3 Å². The van der Waals surface area contributed by atoms with Crippen LogP contribution in [0, 0.1) is 5.92 Å². The van der Waals surface area contributed by atoms with Gasteiger partial charge in [-0.15, -0.1) is 12.4 Å². The van der Waals surface area contributed by atoms with Crippen LogP contribution in [0.25, 0.3) is 0 Å². The third kappa shape index (κ3) is 9.76. The molecule has 0 aliphatic heterocycles. The first-order valence-corrected chi connectivity index (χ1v) is 4.38. The van der Waals surface area contributed by atoms with Gasteiger partial charge in [0, 0.05) is 6.42 Å². The highest BCUT2D eigenvalue weighted by molar-refractivity contribution is 5.85. The summed E-state index contributed by atoms with van der Waals surface area (Å²) in [6.45, 7) is 4.16. The first-order chi connectivity index (χ1) is 5.16. The Bertz CT molecular complexity index is 115. The second kappa shape index (κ2) is 8.85. The first-order valence-electron chi connectivity index (χ1n) is 4.38. The van der Waals surface area contributed by atoms with Crippen molar-refractivity contribution in [2.24, 2.45) is 5.92 Å². The van der Waals surface area contributed by atoms with E-state index in [9.17, 15) is 4.79 Å². The zero-order chi connectivity index (χ0) is 8.69. The van der Waals surface area contributed by atoms with Crippen molar-refractivity contribution in [3.8, 4) is 0 Å². The number of carboxylic acid groups (broad SMARTS) is 1. The van der Waals surface area contributed by atoms with Gasteiger partial charge in [0.1, 0.15) is 0 Å². The molecule has 0 spiro atoms. The molecule has 0 aliphatic carbocycles. The maximum Gasteiger partial charge on any atom is 0.303 e. The van der Waals surface area contributed by atoms with Gasteiger partial charge in [-0.2, -0.15) is 0 Å². The van der Waals surface area contributed by atoms with Gasteiger partial charge in [-0.05, 0) is 5.92 Å². The molecule has 0 saturated carbocycles. The lowest BCUT2D eigenvalue weighted by atomic mass is 10.0. The predicted octanol–water partition coefficient (Wildman–Crippen LogP) is 3.10. The summed E-state index contributed by atoms with van der Waals surface area (Å²) in [6, 6.07) is 0. The Hall–Kier alpha value is -0.240. The van der Waals surface area contributed by atoms with E-state index in [0.29, 0.717) is 12.3 Å². The van der Waals surface area contributed by atoms with Gasteiger partial charge < -0.3 is 5.11 Å². The Labute approximate surface area is 80.8 Å². The number of hydrogen-bond acceptors (Lipinski definition) is 1. The van der Waals surface area contributed by atoms with Crippen molar-refractivity contribution < 1.29 is 9.90 Å². The Morgan fingerprint density at radius 3 is 2.42 bits per heavy atom. The van der Waals surface area contributed by atoms with Crippen molar-refractivity contribution in [1.29, 1.82) is 0 Å². The second-order valence-corrected chi connectivity index (χ2v) is 3.20. The fourth-order valence-corrected chi connectivity index (χ4v) is 1.14. The molecule has 12 heavy (non-hydrogen) atoms. The van der Waals surface area contributed by atoms with Gasteiger partial charge in [-0.25, -0.2) is 0 Å². The van der Waals surface area contributed by atoms with E-state index in [-0.39, 0.29) is 12.4 Å². The second-order valence-electron chi connectivity index (χ2n) is 3.20. The number of unbranched alkanes of at least 4 members (excludes halogenated alkanes) is 2. The number of aliphatic carboxylic acids is 1. The molecule has 0 aromatic carbocycles. The topological polar surface area (TPSA) is 37.3 Å². The molecular weight excluding hydrogens is 176 g/mol. The molecule has 0 saturated heterocycles. The van der Waals surface area contributed by atoms with Crippen molar-refractivity contribution >= 4 is 18.4 Å².